The minimum absolute atomic E-state index is 0.247. The van der Waals surface area contributed by atoms with Gasteiger partial charge in [-0.05, 0) is 53.3 Å². The molecule has 154 valence electrons. The molecule has 0 fully saturated rings. The van der Waals surface area contributed by atoms with Crippen molar-refractivity contribution in [2.24, 2.45) is 0 Å². The summed E-state index contributed by atoms with van der Waals surface area (Å²) in [6.45, 7) is 1.79. The zero-order valence-electron chi connectivity index (χ0n) is 15.3. The molecule has 0 radical (unpaired) electrons. The molecule has 0 spiro atoms. The lowest BCUT2D eigenvalue weighted by atomic mass is 10.1. The molecule has 0 aliphatic heterocycles. The fourth-order valence-electron chi connectivity index (χ4n) is 2.26. The highest BCUT2D eigenvalue weighted by molar-refractivity contribution is 14.1. The fraction of sp³-hybridized carbons (Fsp3) is 0.235. The summed E-state index contributed by atoms with van der Waals surface area (Å²) in [5, 5.41) is 11.1. The van der Waals surface area contributed by atoms with Gasteiger partial charge in [0.15, 0.2) is 18.1 Å². The maximum absolute atomic E-state index is 11.7. The third-order valence-corrected chi connectivity index (χ3v) is 4.27. The Morgan fingerprint density at radius 3 is 2.59 bits per heavy atom. The first-order valence-corrected chi connectivity index (χ1v) is 9.19. The molecule has 2 rings (SSSR count). The van der Waals surface area contributed by atoms with Crippen LogP contribution >= 0.6 is 22.6 Å². The van der Waals surface area contributed by atoms with Gasteiger partial charge in [-0.25, -0.2) is 9.59 Å². The molecule has 0 amide bonds. The van der Waals surface area contributed by atoms with Crippen molar-refractivity contribution in [1.29, 1.82) is 0 Å². The lowest BCUT2D eigenvalue weighted by Gasteiger charge is -2.14. The Bertz CT molecular complexity index is 1070. The first-order chi connectivity index (χ1) is 13.8. The van der Waals surface area contributed by atoms with E-state index < -0.39 is 27.8 Å². The molecule has 0 bridgehead atoms. The Morgan fingerprint density at radius 1 is 1.24 bits per heavy atom. The number of nitro groups is 1. The second-order valence-electron chi connectivity index (χ2n) is 5.39. The summed E-state index contributed by atoms with van der Waals surface area (Å²) in [6.07, 6.45) is 2.71. The molecule has 0 aliphatic carbocycles. The SMILES string of the molecule is CCOc1cc(/C=C\c2[nH]c(=O)[nH]c(=O)c2[N+](=O)[O-])cc(I)c1OCC(=O)OC. The number of carbonyl (C=O) groups excluding carboxylic acids is 1. The van der Waals surface area contributed by atoms with Crippen LogP contribution < -0.4 is 20.7 Å². The summed E-state index contributed by atoms with van der Waals surface area (Å²) in [5.74, 6) is 0.125. The molecule has 0 aliphatic rings. The van der Waals surface area contributed by atoms with Crippen LogP contribution in [0.3, 0.4) is 0 Å². The van der Waals surface area contributed by atoms with Crippen molar-refractivity contribution in [2.45, 2.75) is 6.92 Å². The highest BCUT2D eigenvalue weighted by Gasteiger charge is 2.19. The molecule has 0 saturated heterocycles. The predicted molar refractivity (Wildman–Crippen MR) is 111 cm³/mol. The zero-order valence-corrected chi connectivity index (χ0v) is 17.5. The second-order valence-corrected chi connectivity index (χ2v) is 6.55. The third-order valence-electron chi connectivity index (χ3n) is 3.46. The van der Waals surface area contributed by atoms with Gasteiger partial charge in [0, 0.05) is 0 Å². The van der Waals surface area contributed by atoms with Crippen LogP contribution in [0.5, 0.6) is 11.5 Å². The number of carbonyl (C=O) groups is 1. The van der Waals surface area contributed by atoms with Gasteiger partial charge in [0.1, 0.15) is 5.69 Å². The van der Waals surface area contributed by atoms with Crippen molar-refractivity contribution in [3.05, 3.63) is 57.9 Å². The van der Waals surface area contributed by atoms with Gasteiger partial charge >= 0.3 is 22.9 Å². The first-order valence-electron chi connectivity index (χ1n) is 8.11. The number of hydrogen-bond acceptors (Lipinski definition) is 8. The number of nitrogens with one attached hydrogen (secondary N) is 2. The third kappa shape index (κ3) is 5.66. The van der Waals surface area contributed by atoms with Gasteiger partial charge in [0.05, 0.1) is 22.2 Å². The van der Waals surface area contributed by atoms with Gasteiger partial charge in [0.25, 0.3) is 0 Å². The van der Waals surface area contributed by atoms with Crippen LogP contribution in [0.15, 0.2) is 21.7 Å². The summed E-state index contributed by atoms with van der Waals surface area (Å²) in [4.78, 5) is 48.7. The van der Waals surface area contributed by atoms with Gasteiger partial charge in [0.2, 0.25) is 0 Å². The fourth-order valence-corrected chi connectivity index (χ4v) is 3.04. The van der Waals surface area contributed by atoms with Crippen LogP contribution in [0, 0.1) is 13.7 Å². The number of hydrogen-bond donors (Lipinski definition) is 2. The zero-order chi connectivity index (χ0) is 21.6. The molecular formula is C17H16IN3O8. The number of methoxy groups -OCH3 is 1. The number of nitrogens with zero attached hydrogens (tertiary/aromatic N) is 1. The van der Waals surface area contributed by atoms with E-state index in [-0.39, 0.29) is 12.3 Å². The number of H-pyrrole nitrogens is 2. The maximum Gasteiger partial charge on any atom is 0.357 e. The molecule has 2 aromatic rings. The Kier molecular flexibility index (Phi) is 7.52. The van der Waals surface area contributed by atoms with Crippen LogP contribution in [0.4, 0.5) is 5.69 Å². The Balaban J connectivity index is 2.44. The minimum atomic E-state index is -1.10. The molecule has 2 N–H and O–H groups in total. The average molecular weight is 517 g/mol. The lowest BCUT2D eigenvalue weighted by molar-refractivity contribution is -0.386. The Hall–Kier alpha value is -3.16. The van der Waals surface area contributed by atoms with Crippen LogP contribution in [0.1, 0.15) is 18.2 Å². The first kappa shape index (κ1) is 22.1. The van der Waals surface area contributed by atoms with Gasteiger partial charge in [-0.15, -0.1) is 0 Å². The number of aromatic amines is 2. The van der Waals surface area contributed by atoms with Gasteiger partial charge in [-0.1, -0.05) is 6.08 Å². The van der Waals surface area contributed by atoms with E-state index in [2.05, 4.69) is 9.72 Å². The Morgan fingerprint density at radius 2 is 1.97 bits per heavy atom. The van der Waals surface area contributed by atoms with Crippen molar-refractivity contribution >= 4 is 46.4 Å². The van der Waals surface area contributed by atoms with E-state index >= 15 is 0 Å². The van der Waals surface area contributed by atoms with E-state index in [9.17, 15) is 24.5 Å². The van der Waals surface area contributed by atoms with E-state index in [1.165, 1.54) is 19.3 Å². The number of rotatable bonds is 8. The van der Waals surface area contributed by atoms with Crippen molar-refractivity contribution in [2.75, 3.05) is 20.3 Å². The summed E-state index contributed by atoms with van der Waals surface area (Å²) < 4.78 is 16.1. The topological polar surface area (TPSA) is 154 Å². The van der Waals surface area contributed by atoms with E-state index in [1.54, 1.807) is 19.1 Å². The quantitative estimate of drug-likeness (QED) is 0.232. The minimum Gasteiger partial charge on any atom is -0.490 e. The molecule has 1 heterocycles. The van der Waals surface area contributed by atoms with Crippen molar-refractivity contribution < 1.29 is 23.9 Å². The number of esters is 1. The molecule has 0 unspecified atom stereocenters. The predicted octanol–water partition coefficient (Wildman–Crippen LogP) is 1.70. The molecule has 29 heavy (non-hydrogen) atoms. The normalized spacial score (nSPS) is 10.7. The standard InChI is InChI=1S/C17H16IN3O8/c1-3-28-12-7-9(6-10(18)15(12)29-8-13(22)27-2)4-5-11-14(21(25)26)16(23)20-17(24)19-11/h4-7H,3,8H2,1-2H3,(H2,19,20,23,24)/b5-4-. The van der Waals surface area contributed by atoms with Crippen LogP contribution in [-0.4, -0.2) is 41.2 Å². The van der Waals surface area contributed by atoms with Gasteiger partial charge in [-0.3, -0.25) is 19.9 Å². The summed E-state index contributed by atoms with van der Waals surface area (Å²) >= 11 is 1.98. The number of ether oxygens (including phenoxy) is 3. The molecule has 1 aromatic carbocycles. The summed E-state index contributed by atoms with van der Waals surface area (Å²) in [6, 6.07) is 3.26. The molecular weight excluding hydrogens is 501 g/mol. The van der Waals surface area contributed by atoms with Crippen LogP contribution in [-0.2, 0) is 9.53 Å². The smallest absolute Gasteiger partial charge is 0.357 e. The van der Waals surface area contributed by atoms with E-state index in [0.29, 0.717) is 27.2 Å². The van der Waals surface area contributed by atoms with E-state index in [4.69, 9.17) is 9.47 Å². The molecule has 1 aromatic heterocycles. The van der Waals surface area contributed by atoms with Crippen LogP contribution in [0.25, 0.3) is 12.2 Å². The van der Waals surface area contributed by atoms with E-state index in [1.807, 2.05) is 27.6 Å². The van der Waals surface area contributed by atoms with Crippen LogP contribution in [0.2, 0.25) is 0 Å². The monoisotopic (exact) mass is 517 g/mol. The molecule has 12 heteroatoms. The number of aromatic nitrogens is 2. The highest BCUT2D eigenvalue weighted by Crippen LogP contribution is 2.35. The number of halogens is 1. The second kappa shape index (κ2) is 9.86. The van der Waals surface area contributed by atoms with Crippen molar-refractivity contribution in [1.82, 2.24) is 9.97 Å². The summed E-state index contributed by atoms with van der Waals surface area (Å²) in [5.41, 5.74) is -2.44. The van der Waals surface area contributed by atoms with E-state index in [0.717, 1.165) is 0 Å². The van der Waals surface area contributed by atoms with Gasteiger partial charge < -0.3 is 19.2 Å². The van der Waals surface area contributed by atoms with Gasteiger partial charge in [-0.2, -0.15) is 0 Å². The lowest BCUT2D eigenvalue weighted by Crippen LogP contribution is -2.25. The molecule has 0 atom stereocenters. The average Bonchev–Trinajstić information content (AvgIpc) is 2.64. The summed E-state index contributed by atoms with van der Waals surface area (Å²) in [7, 11) is 1.24. The van der Waals surface area contributed by atoms with Crippen molar-refractivity contribution in [3.63, 3.8) is 0 Å². The molecule has 0 saturated carbocycles. The molecule has 11 nitrogen and oxygen atoms in total. The van der Waals surface area contributed by atoms with Crippen molar-refractivity contribution in [3.8, 4) is 11.5 Å². The highest BCUT2D eigenvalue weighted by atomic mass is 127. The maximum atomic E-state index is 11.7. The number of benzene rings is 1. The largest absolute Gasteiger partial charge is 0.490 e. The Labute approximate surface area is 177 Å².